The van der Waals surface area contributed by atoms with Gasteiger partial charge in [0, 0.05) is 17.5 Å². The van der Waals surface area contributed by atoms with Crippen LogP contribution in [0.2, 0.25) is 0 Å². The Bertz CT molecular complexity index is 992. The van der Waals surface area contributed by atoms with E-state index in [0.717, 1.165) is 22.5 Å². The Labute approximate surface area is 181 Å². The Balaban J connectivity index is 1.75. The summed E-state index contributed by atoms with van der Waals surface area (Å²) in [6, 6.07) is 16.5. The minimum Gasteiger partial charge on any atom is -0.461 e. The van der Waals surface area contributed by atoms with Crippen LogP contribution in [0.3, 0.4) is 0 Å². The summed E-state index contributed by atoms with van der Waals surface area (Å²) in [6.45, 7) is 5.75. The van der Waals surface area contributed by atoms with E-state index < -0.39 is 22.9 Å². The molecule has 0 saturated carbocycles. The van der Waals surface area contributed by atoms with Crippen LogP contribution in [0.4, 0.5) is 0 Å². The van der Waals surface area contributed by atoms with E-state index in [2.05, 4.69) is 48.3 Å². The number of cyclic esters (lactones) is 1. The largest absolute Gasteiger partial charge is 0.461 e. The van der Waals surface area contributed by atoms with E-state index in [4.69, 9.17) is 22.3 Å². The number of imidazole rings is 1. The van der Waals surface area contributed by atoms with Crippen molar-refractivity contribution < 1.29 is 14.6 Å². The lowest BCUT2D eigenvalue weighted by atomic mass is 9.90. The first kappa shape index (κ1) is 20.7. The molecule has 3 atom stereocenters. The SMILES string of the molecule is Cc1ccc(-c2nc(C(S)[C@@H]3CC(C)(O)CC(=O)O3)[nH]c2-c2ccc(C)cc2)cc1. The van der Waals surface area contributed by atoms with Crippen LogP contribution < -0.4 is 0 Å². The van der Waals surface area contributed by atoms with Crippen molar-refractivity contribution >= 4 is 18.6 Å². The van der Waals surface area contributed by atoms with Gasteiger partial charge < -0.3 is 14.8 Å². The molecule has 0 bridgehead atoms. The van der Waals surface area contributed by atoms with Gasteiger partial charge >= 0.3 is 5.97 Å². The molecule has 1 aliphatic rings. The van der Waals surface area contributed by atoms with Crippen molar-refractivity contribution in [1.29, 1.82) is 0 Å². The topological polar surface area (TPSA) is 75.2 Å². The number of carbonyl (C=O) groups excluding carboxylic acids is 1. The first-order valence-corrected chi connectivity index (χ1v) is 10.6. The molecule has 30 heavy (non-hydrogen) atoms. The molecule has 0 amide bonds. The normalized spacial score (nSPS) is 22.6. The lowest BCUT2D eigenvalue weighted by Gasteiger charge is -2.35. The number of nitrogens with one attached hydrogen (secondary N) is 1. The van der Waals surface area contributed by atoms with E-state index in [1.54, 1.807) is 6.92 Å². The second-order valence-corrected chi connectivity index (χ2v) is 8.99. The number of benzene rings is 2. The second-order valence-electron chi connectivity index (χ2n) is 8.43. The minimum absolute atomic E-state index is 0.00855. The number of esters is 1. The number of hydrogen-bond donors (Lipinski definition) is 3. The van der Waals surface area contributed by atoms with Crippen LogP contribution >= 0.6 is 12.6 Å². The monoisotopic (exact) mass is 422 g/mol. The van der Waals surface area contributed by atoms with E-state index in [0.29, 0.717) is 12.2 Å². The summed E-state index contributed by atoms with van der Waals surface area (Å²) in [5.41, 5.74) is 4.97. The van der Waals surface area contributed by atoms with E-state index >= 15 is 0 Å². The van der Waals surface area contributed by atoms with Crippen LogP contribution in [0.1, 0.15) is 42.0 Å². The molecule has 1 aliphatic heterocycles. The molecule has 1 fully saturated rings. The molecule has 1 aromatic heterocycles. The van der Waals surface area contributed by atoms with Crippen molar-refractivity contribution in [2.24, 2.45) is 0 Å². The summed E-state index contributed by atoms with van der Waals surface area (Å²) in [7, 11) is 0. The molecule has 2 unspecified atom stereocenters. The van der Waals surface area contributed by atoms with Gasteiger partial charge in [-0.15, -0.1) is 0 Å². The van der Waals surface area contributed by atoms with Crippen molar-refractivity contribution in [2.75, 3.05) is 0 Å². The van der Waals surface area contributed by atoms with E-state index in [1.807, 2.05) is 19.1 Å². The zero-order valence-electron chi connectivity index (χ0n) is 17.3. The zero-order valence-corrected chi connectivity index (χ0v) is 18.2. The van der Waals surface area contributed by atoms with Gasteiger partial charge in [0.25, 0.3) is 0 Å². The predicted molar refractivity (Wildman–Crippen MR) is 120 cm³/mol. The maximum absolute atomic E-state index is 12.0. The number of rotatable bonds is 4. The van der Waals surface area contributed by atoms with Gasteiger partial charge in [-0.3, -0.25) is 4.79 Å². The molecule has 5 nitrogen and oxygen atoms in total. The standard InChI is InChI=1S/C24H26N2O3S/c1-14-4-8-16(9-5-14)20-21(17-10-6-15(2)7-11-17)26-23(25-20)22(30)18-12-24(3,28)13-19(27)29-18/h4-11,18,22,28,30H,12-13H2,1-3H3,(H,25,26)/t18-,22?,24?/m0/s1. The molecule has 0 spiro atoms. The molecule has 1 saturated heterocycles. The summed E-state index contributed by atoms with van der Waals surface area (Å²) >= 11 is 4.72. The van der Waals surface area contributed by atoms with Crippen molar-refractivity contribution in [3.8, 4) is 22.5 Å². The fraction of sp³-hybridized carbons (Fsp3) is 0.333. The predicted octanol–water partition coefficient (Wildman–Crippen LogP) is 4.79. The minimum atomic E-state index is -1.10. The van der Waals surface area contributed by atoms with Gasteiger partial charge in [-0.2, -0.15) is 12.6 Å². The lowest BCUT2D eigenvalue weighted by Crippen LogP contribution is -2.42. The molecule has 0 aliphatic carbocycles. The molecular weight excluding hydrogens is 396 g/mol. The maximum atomic E-state index is 12.0. The smallest absolute Gasteiger partial charge is 0.309 e. The van der Waals surface area contributed by atoms with Crippen LogP contribution in [0.25, 0.3) is 22.5 Å². The number of aromatic nitrogens is 2. The number of nitrogens with zero attached hydrogens (tertiary/aromatic N) is 1. The Morgan fingerprint density at radius 1 is 1.10 bits per heavy atom. The maximum Gasteiger partial charge on any atom is 0.309 e. The third-order valence-corrected chi connectivity index (χ3v) is 6.05. The first-order chi connectivity index (χ1) is 14.2. The Morgan fingerprint density at radius 2 is 1.67 bits per heavy atom. The lowest BCUT2D eigenvalue weighted by molar-refractivity contribution is -0.168. The highest BCUT2D eigenvalue weighted by Gasteiger charge is 2.40. The van der Waals surface area contributed by atoms with Gasteiger partial charge in [-0.25, -0.2) is 4.98 Å². The molecule has 156 valence electrons. The Hall–Kier alpha value is -2.57. The van der Waals surface area contributed by atoms with Crippen LogP contribution in [0.15, 0.2) is 48.5 Å². The number of thiol groups is 1. The van der Waals surface area contributed by atoms with Gasteiger partial charge in [-0.05, 0) is 20.8 Å². The van der Waals surface area contributed by atoms with Crippen LogP contribution in [0, 0.1) is 13.8 Å². The third kappa shape index (κ3) is 4.30. The summed E-state index contributed by atoms with van der Waals surface area (Å²) in [5.74, 6) is 0.194. The van der Waals surface area contributed by atoms with Crippen LogP contribution in [0.5, 0.6) is 0 Å². The molecule has 3 aromatic rings. The molecule has 2 aromatic carbocycles. The molecule has 2 N–H and O–H groups in total. The summed E-state index contributed by atoms with van der Waals surface area (Å²) < 4.78 is 5.49. The quantitative estimate of drug-likeness (QED) is 0.417. The van der Waals surface area contributed by atoms with Gasteiger partial charge in [0.15, 0.2) is 0 Å². The average molecular weight is 423 g/mol. The van der Waals surface area contributed by atoms with Crippen LogP contribution in [-0.4, -0.2) is 32.7 Å². The molecule has 4 rings (SSSR count). The van der Waals surface area contributed by atoms with Crippen molar-refractivity contribution in [3.05, 3.63) is 65.5 Å². The third-order valence-electron chi connectivity index (χ3n) is 5.47. The number of carbonyl (C=O) groups is 1. The van der Waals surface area contributed by atoms with E-state index in [9.17, 15) is 9.90 Å². The number of aromatic amines is 1. The summed E-state index contributed by atoms with van der Waals surface area (Å²) in [6.07, 6.45) is -0.258. The van der Waals surface area contributed by atoms with Gasteiger partial charge in [0.05, 0.1) is 28.7 Å². The molecule has 0 radical (unpaired) electrons. The number of aliphatic hydroxyl groups is 1. The van der Waals surface area contributed by atoms with Gasteiger partial charge in [-0.1, -0.05) is 59.7 Å². The van der Waals surface area contributed by atoms with Crippen molar-refractivity contribution in [3.63, 3.8) is 0 Å². The van der Waals surface area contributed by atoms with Crippen molar-refractivity contribution in [1.82, 2.24) is 9.97 Å². The fourth-order valence-corrected chi connectivity index (χ4v) is 4.09. The Kier molecular flexibility index (Phi) is 5.47. The second kappa shape index (κ2) is 7.93. The highest BCUT2D eigenvalue weighted by Crippen LogP contribution is 2.38. The zero-order chi connectivity index (χ0) is 21.5. The highest BCUT2D eigenvalue weighted by molar-refractivity contribution is 7.80. The molecule has 6 heteroatoms. The Morgan fingerprint density at radius 3 is 2.23 bits per heavy atom. The summed E-state index contributed by atoms with van der Waals surface area (Å²) in [5, 5.41) is 9.93. The van der Waals surface area contributed by atoms with E-state index in [-0.39, 0.29) is 6.42 Å². The van der Waals surface area contributed by atoms with Crippen LogP contribution in [-0.2, 0) is 9.53 Å². The molecule has 2 heterocycles. The van der Waals surface area contributed by atoms with E-state index in [1.165, 1.54) is 11.1 Å². The number of hydrogen-bond acceptors (Lipinski definition) is 5. The number of ether oxygens (including phenoxy) is 1. The highest BCUT2D eigenvalue weighted by atomic mass is 32.1. The summed E-state index contributed by atoms with van der Waals surface area (Å²) in [4.78, 5) is 20.2. The number of aryl methyl sites for hydroxylation is 2. The number of H-pyrrole nitrogens is 1. The first-order valence-electron chi connectivity index (χ1n) is 10.1. The average Bonchev–Trinajstić information content (AvgIpc) is 3.12. The fourth-order valence-electron chi connectivity index (χ4n) is 3.80. The van der Waals surface area contributed by atoms with Gasteiger partial charge in [0.1, 0.15) is 11.9 Å². The molecular formula is C24H26N2O3S. The van der Waals surface area contributed by atoms with Crippen molar-refractivity contribution in [2.45, 2.75) is 50.6 Å². The van der Waals surface area contributed by atoms with Gasteiger partial charge in [0.2, 0.25) is 0 Å².